The predicted octanol–water partition coefficient (Wildman–Crippen LogP) is 0.929. The predicted molar refractivity (Wildman–Crippen MR) is 74.4 cm³/mol. The smallest absolute Gasteiger partial charge is 0.230 e. The molecule has 3 heterocycles. The van der Waals surface area contributed by atoms with Crippen LogP contribution in [-0.2, 0) is 17.7 Å². The number of piperazine rings is 1. The van der Waals surface area contributed by atoms with Crippen molar-refractivity contribution in [3.63, 3.8) is 0 Å². The maximum absolute atomic E-state index is 5.70. The van der Waals surface area contributed by atoms with E-state index in [9.17, 15) is 0 Å². The van der Waals surface area contributed by atoms with E-state index in [1.807, 2.05) is 6.92 Å². The van der Waals surface area contributed by atoms with Crippen LogP contribution in [0.1, 0.15) is 31.5 Å². The van der Waals surface area contributed by atoms with Crippen molar-refractivity contribution in [3.8, 4) is 0 Å². The normalized spacial score (nSPS) is 25.4. The summed E-state index contributed by atoms with van der Waals surface area (Å²) in [4.78, 5) is 4.90. The minimum absolute atomic E-state index is 0.463. The Balaban J connectivity index is 1.41. The molecule has 0 aliphatic carbocycles. The van der Waals surface area contributed by atoms with Gasteiger partial charge in [-0.25, -0.2) is 0 Å². The molecule has 6 nitrogen and oxygen atoms in total. The summed E-state index contributed by atoms with van der Waals surface area (Å²) in [7, 11) is 0. The first kappa shape index (κ1) is 14.0. The van der Waals surface area contributed by atoms with Crippen LogP contribution in [0, 0.1) is 0 Å². The molecule has 1 aromatic rings. The number of rotatable bonds is 5. The summed E-state index contributed by atoms with van der Waals surface area (Å²) in [6.07, 6.45) is 3.72. The average molecular weight is 280 g/mol. The van der Waals surface area contributed by atoms with Crippen molar-refractivity contribution in [1.29, 1.82) is 0 Å². The lowest BCUT2D eigenvalue weighted by Crippen LogP contribution is -2.48. The fourth-order valence-corrected chi connectivity index (χ4v) is 2.89. The third-order valence-electron chi connectivity index (χ3n) is 4.12. The molecule has 0 aromatic carbocycles. The molecule has 1 unspecified atom stereocenters. The summed E-state index contributed by atoms with van der Waals surface area (Å²) in [5, 5.41) is 8.10. The summed E-state index contributed by atoms with van der Waals surface area (Å²) in [6, 6.07) is 0. The van der Waals surface area contributed by atoms with Gasteiger partial charge >= 0.3 is 0 Å². The highest BCUT2D eigenvalue weighted by atomic mass is 16.5. The van der Waals surface area contributed by atoms with E-state index in [0.29, 0.717) is 6.10 Å². The van der Waals surface area contributed by atoms with Gasteiger partial charge in [-0.2, -0.15) is 0 Å². The van der Waals surface area contributed by atoms with Crippen molar-refractivity contribution in [3.05, 3.63) is 11.8 Å². The quantitative estimate of drug-likeness (QED) is 0.800. The van der Waals surface area contributed by atoms with E-state index < -0.39 is 0 Å². The third-order valence-corrected chi connectivity index (χ3v) is 4.12. The number of hydrogen-bond donors (Lipinski definition) is 0. The lowest BCUT2D eigenvalue weighted by Gasteiger charge is -2.34. The van der Waals surface area contributed by atoms with Gasteiger partial charge in [0.05, 0.1) is 12.6 Å². The van der Waals surface area contributed by atoms with Crippen LogP contribution >= 0.6 is 0 Å². The third kappa shape index (κ3) is 3.56. The van der Waals surface area contributed by atoms with Crippen LogP contribution in [0.15, 0.2) is 4.42 Å². The van der Waals surface area contributed by atoms with Crippen LogP contribution in [0.2, 0.25) is 0 Å². The van der Waals surface area contributed by atoms with Gasteiger partial charge < -0.3 is 9.15 Å². The maximum Gasteiger partial charge on any atom is 0.230 e. The van der Waals surface area contributed by atoms with E-state index in [1.165, 1.54) is 12.8 Å². The molecule has 2 aliphatic rings. The van der Waals surface area contributed by atoms with Crippen molar-refractivity contribution >= 4 is 0 Å². The molecule has 1 aromatic heterocycles. The van der Waals surface area contributed by atoms with Gasteiger partial charge in [-0.3, -0.25) is 9.80 Å². The Kier molecular flexibility index (Phi) is 4.65. The number of aromatic nitrogens is 2. The zero-order chi connectivity index (χ0) is 13.8. The summed E-state index contributed by atoms with van der Waals surface area (Å²) in [5.41, 5.74) is 0. The SMILES string of the molecule is CCc1nnc(CN2CCN(CC3CCCO3)CC2)o1. The highest BCUT2D eigenvalue weighted by Gasteiger charge is 2.23. The summed E-state index contributed by atoms with van der Waals surface area (Å²) in [5.74, 6) is 1.48. The second kappa shape index (κ2) is 6.65. The zero-order valence-corrected chi connectivity index (χ0v) is 12.3. The highest BCUT2D eigenvalue weighted by Crippen LogP contribution is 2.15. The van der Waals surface area contributed by atoms with Crippen molar-refractivity contribution in [2.45, 2.75) is 38.8 Å². The van der Waals surface area contributed by atoms with E-state index >= 15 is 0 Å². The van der Waals surface area contributed by atoms with E-state index in [-0.39, 0.29) is 0 Å². The molecule has 1 atom stereocenters. The standard InChI is InChI=1S/C14H24N4O2/c1-2-13-15-16-14(20-13)11-18-7-5-17(6-8-18)10-12-4-3-9-19-12/h12H,2-11H2,1H3. The Bertz CT molecular complexity index is 409. The molecule has 2 aliphatic heterocycles. The fourth-order valence-electron chi connectivity index (χ4n) is 2.89. The first-order valence-electron chi connectivity index (χ1n) is 7.71. The van der Waals surface area contributed by atoms with E-state index in [4.69, 9.17) is 9.15 Å². The molecule has 0 saturated carbocycles. The summed E-state index contributed by atoms with van der Waals surface area (Å²) >= 11 is 0. The molecule has 3 rings (SSSR count). The van der Waals surface area contributed by atoms with Crippen LogP contribution < -0.4 is 0 Å². The second-order valence-corrected chi connectivity index (χ2v) is 5.65. The minimum atomic E-state index is 0.463. The molecule has 112 valence electrons. The van der Waals surface area contributed by atoms with Gasteiger partial charge in [0.2, 0.25) is 11.8 Å². The monoisotopic (exact) mass is 280 g/mol. The Morgan fingerprint density at radius 3 is 2.50 bits per heavy atom. The summed E-state index contributed by atoms with van der Waals surface area (Å²) < 4.78 is 11.3. The van der Waals surface area contributed by atoms with Crippen LogP contribution in [0.25, 0.3) is 0 Å². The van der Waals surface area contributed by atoms with E-state index in [1.54, 1.807) is 0 Å². The van der Waals surface area contributed by atoms with Gasteiger partial charge in [0.25, 0.3) is 0 Å². The Morgan fingerprint density at radius 1 is 1.10 bits per heavy atom. The number of hydrogen-bond acceptors (Lipinski definition) is 6. The molecular weight excluding hydrogens is 256 g/mol. The molecule has 6 heteroatoms. The first-order chi connectivity index (χ1) is 9.83. The van der Waals surface area contributed by atoms with Gasteiger partial charge in [-0.15, -0.1) is 10.2 Å². The van der Waals surface area contributed by atoms with Gasteiger partial charge in [0.15, 0.2) is 0 Å². The Hall–Kier alpha value is -0.980. The fraction of sp³-hybridized carbons (Fsp3) is 0.857. The highest BCUT2D eigenvalue weighted by molar-refractivity contribution is 4.84. The Morgan fingerprint density at radius 2 is 1.85 bits per heavy atom. The number of nitrogens with zero attached hydrogens (tertiary/aromatic N) is 4. The van der Waals surface area contributed by atoms with Crippen molar-refractivity contribution < 1.29 is 9.15 Å². The second-order valence-electron chi connectivity index (χ2n) is 5.65. The van der Waals surface area contributed by atoms with Crippen molar-refractivity contribution in [2.75, 3.05) is 39.3 Å². The molecule has 0 bridgehead atoms. The van der Waals surface area contributed by atoms with Crippen LogP contribution in [0.4, 0.5) is 0 Å². The molecule has 0 amide bonds. The average Bonchev–Trinajstić information content (AvgIpc) is 3.12. The molecule has 2 saturated heterocycles. The molecular formula is C14H24N4O2. The van der Waals surface area contributed by atoms with Crippen LogP contribution in [0.3, 0.4) is 0 Å². The Labute approximate surface area is 120 Å². The molecule has 0 radical (unpaired) electrons. The largest absolute Gasteiger partial charge is 0.424 e. The molecule has 2 fully saturated rings. The molecule has 0 spiro atoms. The van der Waals surface area contributed by atoms with Crippen molar-refractivity contribution in [2.24, 2.45) is 0 Å². The van der Waals surface area contributed by atoms with Gasteiger partial charge in [0, 0.05) is 45.8 Å². The first-order valence-corrected chi connectivity index (χ1v) is 7.71. The van der Waals surface area contributed by atoms with E-state index in [0.717, 1.165) is 64.1 Å². The molecule has 20 heavy (non-hydrogen) atoms. The van der Waals surface area contributed by atoms with Gasteiger partial charge in [-0.1, -0.05) is 6.92 Å². The van der Waals surface area contributed by atoms with Crippen LogP contribution in [0.5, 0.6) is 0 Å². The van der Waals surface area contributed by atoms with Gasteiger partial charge in [0.1, 0.15) is 0 Å². The summed E-state index contributed by atoms with van der Waals surface area (Å²) in [6.45, 7) is 9.19. The maximum atomic E-state index is 5.70. The topological polar surface area (TPSA) is 54.6 Å². The number of aryl methyl sites for hydroxylation is 1. The number of ether oxygens (including phenoxy) is 1. The van der Waals surface area contributed by atoms with Crippen LogP contribution in [-0.4, -0.2) is 65.4 Å². The minimum Gasteiger partial charge on any atom is -0.424 e. The van der Waals surface area contributed by atoms with Gasteiger partial charge in [-0.05, 0) is 12.8 Å². The van der Waals surface area contributed by atoms with E-state index in [2.05, 4.69) is 20.0 Å². The lowest BCUT2D eigenvalue weighted by atomic mass is 10.2. The molecule has 0 N–H and O–H groups in total. The zero-order valence-electron chi connectivity index (χ0n) is 12.3. The lowest BCUT2D eigenvalue weighted by molar-refractivity contribution is 0.0471. The van der Waals surface area contributed by atoms with Crippen molar-refractivity contribution in [1.82, 2.24) is 20.0 Å².